The fraction of sp³-hybridized carbons (Fsp3) is 1.00. The van der Waals surface area contributed by atoms with Gasteiger partial charge >= 0.3 is 22.7 Å². The highest BCUT2D eigenvalue weighted by molar-refractivity contribution is 7.74. The summed E-state index contributed by atoms with van der Waals surface area (Å²) in [5, 5.41) is 0. The van der Waals surface area contributed by atoms with Crippen molar-refractivity contribution in [3.8, 4) is 0 Å². The van der Waals surface area contributed by atoms with Crippen LogP contribution in [0.15, 0.2) is 0 Å². The van der Waals surface area contributed by atoms with Crippen LogP contribution < -0.4 is 0 Å². The second-order valence-corrected chi connectivity index (χ2v) is 2.92. The molecule has 0 aromatic rings. The molecule has 3 atom stereocenters. The zero-order chi connectivity index (χ0) is 8.85. The quantitative estimate of drug-likeness (QED) is 0.596. The van der Waals surface area contributed by atoms with Crippen LogP contribution in [0.3, 0.4) is 0 Å². The summed E-state index contributed by atoms with van der Waals surface area (Å²) >= 11 is -4.73. The van der Waals surface area contributed by atoms with E-state index in [1.54, 1.807) is 0 Å². The van der Waals surface area contributed by atoms with Gasteiger partial charge in [0.2, 0.25) is 0 Å². The van der Waals surface area contributed by atoms with Gasteiger partial charge in [-0.3, -0.25) is 17.5 Å². The van der Waals surface area contributed by atoms with Crippen molar-refractivity contribution in [3.05, 3.63) is 0 Å². The average molecular weight is 204 g/mol. The molecule has 6 nitrogen and oxygen atoms in total. The van der Waals surface area contributed by atoms with Gasteiger partial charge < -0.3 is 0 Å². The summed E-state index contributed by atoms with van der Waals surface area (Å²) in [6, 6.07) is 0. The van der Waals surface area contributed by atoms with Gasteiger partial charge in [-0.25, -0.2) is 0 Å². The van der Waals surface area contributed by atoms with Crippen LogP contribution in [-0.4, -0.2) is 30.2 Å². The predicted molar refractivity (Wildman–Crippen MR) is 38.0 cm³/mol. The Morgan fingerprint density at radius 2 is 1.91 bits per heavy atom. The lowest BCUT2D eigenvalue weighted by Crippen LogP contribution is -2.17. The smallest absolute Gasteiger partial charge is 0.284 e. The molecule has 0 aliphatic rings. The summed E-state index contributed by atoms with van der Waals surface area (Å²) < 4.78 is 44.5. The third kappa shape index (κ3) is 8.04. The Labute approximate surface area is 68.9 Å². The molecule has 0 fully saturated rings. The van der Waals surface area contributed by atoms with E-state index in [9.17, 15) is 8.42 Å². The molecule has 0 heterocycles. The second-order valence-electron chi connectivity index (χ2n) is 1.63. The Morgan fingerprint density at radius 3 is 2.27 bits per heavy atom. The topological polar surface area (TPSA) is 93.1 Å². The van der Waals surface area contributed by atoms with Gasteiger partial charge in [0.15, 0.2) is 0 Å². The van der Waals surface area contributed by atoms with E-state index in [1.165, 1.54) is 6.92 Å². The third-order valence-corrected chi connectivity index (χ3v) is 1.48. The standard InChI is InChI=1S/C3H8O6S2/c1-3(9-11(6)7)2-8-10(4)5/h3H,2H2,1H3,(H,4,5)(H,6,7). The molecular formula is C3H8O6S2. The van der Waals surface area contributed by atoms with Crippen LogP contribution in [-0.2, 0) is 31.1 Å². The summed E-state index contributed by atoms with van der Waals surface area (Å²) in [6.45, 7) is 1.22. The Balaban J connectivity index is 3.44. The Morgan fingerprint density at radius 1 is 1.36 bits per heavy atom. The molecule has 0 aliphatic carbocycles. The van der Waals surface area contributed by atoms with Gasteiger partial charge in [-0.05, 0) is 6.92 Å². The third-order valence-electron chi connectivity index (χ3n) is 0.650. The van der Waals surface area contributed by atoms with Crippen molar-refractivity contribution in [3.63, 3.8) is 0 Å². The van der Waals surface area contributed by atoms with Crippen LogP contribution in [0.2, 0.25) is 0 Å². The average Bonchev–Trinajstić information content (AvgIpc) is 1.82. The van der Waals surface area contributed by atoms with Gasteiger partial charge in [0.1, 0.15) is 0 Å². The number of rotatable bonds is 5. The molecule has 3 unspecified atom stereocenters. The van der Waals surface area contributed by atoms with Crippen LogP contribution in [0.25, 0.3) is 0 Å². The summed E-state index contributed by atoms with van der Waals surface area (Å²) in [5.41, 5.74) is 0. The molecule has 11 heavy (non-hydrogen) atoms. The normalized spacial score (nSPS) is 19.2. The van der Waals surface area contributed by atoms with E-state index in [4.69, 9.17) is 9.11 Å². The van der Waals surface area contributed by atoms with E-state index in [2.05, 4.69) is 8.37 Å². The molecule has 8 heteroatoms. The number of hydrogen-bond acceptors (Lipinski definition) is 4. The Hall–Kier alpha value is 0.140. The summed E-state index contributed by atoms with van der Waals surface area (Å²) in [7, 11) is 0. The van der Waals surface area contributed by atoms with Gasteiger partial charge in [0, 0.05) is 0 Å². The SMILES string of the molecule is CC(COS(=O)O)OS(=O)O. The van der Waals surface area contributed by atoms with Crippen LogP contribution in [0.4, 0.5) is 0 Å². The van der Waals surface area contributed by atoms with Gasteiger partial charge in [-0.2, -0.15) is 8.42 Å². The Bertz CT molecular complexity index is 158. The molecule has 68 valence electrons. The van der Waals surface area contributed by atoms with Crippen molar-refractivity contribution in [1.29, 1.82) is 0 Å². The monoisotopic (exact) mass is 204 g/mol. The molecule has 2 N–H and O–H groups in total. The molecule has 0 rings (SSSR count). The minimum absolute atomic E-state index is 0.213. The maximum atomic E-state index is 9.95. The van der Waals surface area contributed by atoms with E-state index in [0.29, 0.717) is 0 Å². The molecule has 0 spiro atoms. The van der Waals surface area contributed by atoms with Crippen molar-refractivity contribution < 1.29 is 25.9 Å². The summed E-state index contributed by atoms with van der Waals surface area (Å²) in [5.74, 6) is 0. The molecule has 0 bridgehead atoms. The van der Waals surface area contributed by atoms with Crippen LogP contribution in [0.5, 0.6) is 0 Å². The molecule has 0 aliphatic heterocycles. The first-order chi connectivity index (χ1) is 5.02. The molecule has 0 radical (unpaired) electrons. The van der Waals surface area contributed by atoms with Gasteiger partial charge in [-0.15, -0.1) is 0 Å². The fourth-order valence-electron chi connectivity index (χ4n) is 0.322. The van der Waals surface area contributed by atoms with Gasteiger partial charge in [0.25, 0.3) is 0 Å². The largest absolute Gasteiger partial charge is 0.302 e. The van der Waals surface area contributed by atoms with E-state index >= 15 is 0 Å². The van der Waals surface area contributed by atoms with E-state index < -0.39 is 28.8 Å². The minimum atomic E-state index is -2.37. The lowest BCUT2D eigenvalue weighted by molar-refractivity contribution is 0.147. The summed E-state index contributed by atoms with van der Waals surface area (Å²) in [6.07, 6.45) is -0.697. The highest BCUT2D eigenvalue weighted by Crippen LogP contribution is 1.94. The molecular weight excluding hydrogens is 196 g/mol. The predicted octanol–water partition coefficient (Wildman–Crippen LogP) is -0.318. The van der Waals surface area contributed by atoms with E-state index in [0.717, 1.165) is 0 Å². The zero-order valence-corrected chi connectivity index (χ0v) is 7.26. The molecule has 0 aromatic heterocycles. The van der Waals surface area contributed by atoms with Gasteiger partial charge in [-0.1, -0.05) is 0 Å². The first-order valence-electron chi connectivity index (χ1n) is 2.54. The maximum absolute atomic E-state index is 9.95. The van der Waals surface area contributed by atoms with E-state index in [1.807, 2.05) is 0 Å². The van der Waals surface area contributed by atoms with Crippen LogP contribution in [0.1, 0.15) is 6.92 Å². The highest BCUT2D eigenvalue weighted by atomic mass is 32.2. The maximum Gasteiger partial charge on any atom is 0.302 e. The molecule has 0 aromatic carbocycles. The fourth-order valence-corrected chi connectivity index (χ4v) is 0.967. The highest BCUT2D eigenvalue weighted by Gasteiger charge is 2.07. The first-order valence-corrected chi connectivity index (χ1v) is 4.61. The zero-order valence-electron chi connectivity index (χ0n) is 5.63. The number of hydrogen-bond donors (Lipinski definition) is 2. The van der Waals surface area contributed by atoms with Crippen molar-refractivity contribution in [2.75, 3.05) is 6.61 Å². The van der Waals surface area contributed by atoms with Crippen LogP contribution >= 0.6 is 0 Å². The Kier molecular flexibility index (Phi) is 5.82. The van der Waals surface area contributed by atoms with Crippen LogP contribution in [0, 0.1) is 0 Å². The van der Waals surface area contributed by atoms with Crippen molar-refractivity contribution in [1.82, 2.24) is 0 Å². The van der Waals surface area contributed by atoms with Crippen molar-refractivity contribution >= 4 is 22.7 Å². The van der Waals surface area contributed by atoms with Crippen molar-refractivity contribution in [2.45, 2.75) is 13.0 Å². The molecule has 0 saturated heterocycles. The first kappa shape index (κ1) is 11.1. The van der Waals surface area contributed by atoms with Crippen molar-refractivity contribution in [2.24, 2.45) is 0 Å². The van der Waals surface area contributed by atoms with E-state index in [-0.39, 0.29) is 6.61 Å². The second kappa shape index (κ2) is 5.75. The minimum Gasteiger partial charge on any atom is -0.284 e. The van der Waals surface area contributed by atoms with Gasteiger partial charge in [0.05, 0.1) is 12.7 Å². The lowest BCUT2D eigenvalue weighted by atomic mass is 10.5. The molecule has 0 saturated carbocycles. The molecule has 0 amide bonds. The summed E-state index contributed by atoms with van der Waals surface area (Å²) in [4.78, 5) is 0. The lowest BCUT2D eigenvalue weighted by Gasteiger charge is -2.06.